The summed E-state index contributed by atoms with van der Waals surface area (Å²) in [5, 5.41) is 24.9. The first kappa shape index (κ1) is 25.4. The summed E-state index contributed by atoms with van der Waals surface area (Å²) in [6.07, 6.45) is 3.17. The molecule has 0 aromatic heterocycles. The molecule has 0 aliphatic heterocycles. The van der Waals surface area contributed by atoms with E-state index in [1.165, 1.54) is 0 Å². The summed E-state index contributed by atoms with van der Waals surface area (Å²) in [6.45, 7) is 0. The molecular weight excluding hydrogens is 430 g/mol. The average molecular weight is 446 g/mol. The van der Waals surface area contributed by atoms with E-state index >= 15 is 0 Å². The van der Waals surface area contributed by atoms with Gasteiger partial charge in [0.05, 0.1) is 11.9 Å². The largest absolute Gasteiger partial charge is 2.00 e. The van der Waals surface area contributed by atoms with Gasteiger partial charge < -0.3 is 30.4 Å². The second-order valence-corrected chi connectivity index (χ2v) is 5.02. The Morgan fingerprint density at radius 3 is 1.17 bits per heavy atom. The molecular formula is C20H16N2O6Zn. The molecule has 0 saturated heterocycles. The summed E-state index contributed by atoms with van der Waals surface area (Å²) in [5.41, 5.74) is 1.22. The standard InChI is InChI=1S/2C10H9NO3.Zn/c2*12-9(6-7-10(13)14)11-8-4-2-1-3-5-8;/h2*1-7H,(H,11,12)(H,13,14);/q;;+2/p-2. The first-order valence-corrected chi connectivity index (χ1v) is 7.87. The Balaban J connectivity index is 0.000000523. The minimum absolute atomic E-state index is 0. The first-order valence-electron chi connectivity index (χ1n) is 7.87. The van der Waals surface area contributed by atoms with Crippen LogP contribution in [0.1, 0.15) is 0 Å². The quantitative estimate of drug-likeness (QED) is 0.469. The molecule has 0 saturated carbocycles. The van der Waals surface area contributed by atoms with E-state index < -0.39 is 23.8 Å². The number of nitrogens with one attached hydrogen (secondary N) is 2. The van der Waals surface area contributed by atoms with Gasteiger partial charge in [-0.2, -0.15) is 0 Å². The Hall–Kier alpha value is -3.58. The molecule has 0 radical (unpaired) electrons. The number of carbonyl (C=O) groups excluding carboxylic acids is 4. The van der Waals surface area contributed by atoms with Gasteiger partial charge in [0.15, 0.2) is 0 Å². The first-order chi connectivity index (χ1) is 13.4. The molecule has 0 fully saturated rings. The smallest absolute Gasteiger partial charge is 0.545 e. The number of rotatable bonds is 6. The Bertz CT molecular complexity index is 794. The van der Waals surface area contributed by atoms with Crippen molar-refractivity contribution in [2.75, 3.05) is 10.6 Å². The molecule has 2 aromatic carbocycles. The van der Waals surface area contributed by atoms with Gasteiger partial charge in [-0.1, -0.05) is 36.4 Å². The summed E-state index contributed by atoms with van der Waals surface area (Å²) in [7, 11) is 0. The monoisotopic (exact) mass is 444 g/mol. The second kappa shape index (κ2) is 14.5. The van der Waals surface area contributed by atoms with Gasteiger partial charge in [0.25, 0.3) is 0 Å². The maximum Gasteiger partial charge on any atom is 2.00 e. The summed E-state index contributed by atoms with van der Waals surface area (Å²) >= 11 is 0. The van der Waals surface area contributed by atoms with E-state index in [0.29, 0.717) is 23.5 Å². The van der Waals surface area contributed by atoms with Crippen LogP contribution in [0.4, 0.5) is 11.4 Å². The van der Waals surface area contributed by atoms with E-state index in [4.69, 9.17) is 0 Å². The van der Waals surface area contributed by atoms with Gasteiger partial charge in [-0.3, -0.25) is 9.59 Å². The maximum absolute atomic E-state index is 11.0. The molecule has 2 aromatic rings. The predicted octanol–water partition coefficient (Wildman–Crippen LogP) is -0.140. The molecule has 0 unspecified atom stereocenters. The number of hydrogen-bond donors (Lipinski definition) is 2. The van der Waals surface area contributed by atoms with E-state index in [0.717, 1.165) is 12.2 Å². The molecule has 0 atom stereocenters. The molecule has 0 spiro atoms. The SMILES string of the molecule is O=C([O-])C=CC(=O)Nc1ccccc1.O=C([O-])C=CC(=O)Nc1ccccc1.[Zn+2]. The van der Waals surface area contributed by atoms with Crippen LogP contribution in [0.25, 0.3) is 0 Å². The van der Waals surface area contributed by atoms with E-state index in [9.17, 15) is 29.4 Å². The molecule has 9 heteroatoms. The Morgan fingerprint density at radius 1 is 0.586 bits per heavy atom. The van der Waals surface area contributed by atoms with Crippen molar-refractivity contribution in [2.24, 2.45) is 0 Å². The van der Waals surface area contributed by atoms with Crippen LogP contribution < -0.4 is 20.8 Å². The predicted molar refractivity (Wildman–Crippen MR) is 98.4 cm³/mol. The van der Waals surface area contributed by atoms with Crippen molar-refractivity contribution in [1.29, 1.82) is 0 Å². The Labute approximate surface area is 179 Å². The summed E-state index contributed by atoms with van der Waals surface area (Å²) in [5.74, 6) is -3.79. The molecule has 0 aliphatic carbocycles. The van der Waals surface area contributed by atoms with Crippen molar-refractivity contribution in [1.82, 2.24) is 0 Å². The van der Waals surface area contributed by atoms with Crippen molar-refractivity contribution >= 4 is 35.1 Å². The molecule has 2 N–H and O–H groups in total. The van der Waals surface area contributed by atoms with Crippen molar-refractivity contribution < 1.29 is 48.9 Å². The third kappa shape index (κ3) is 13.3. The van der Waals surface area contributed by atoms with Crippen molar-refractivity contribution in [3.05, 3.63) is 85.0 Å². The van der Waals surface area contributed by atoms with Gasteiger partial charge in [0.2, 0.25) is 11.8 Å². The molecule has 8 nitrogen and oxygen atoms in total. The molecule has 0 bridgehead atoms. The third-order valence-corrected chi connectivity index (χ3v) is 2.82. The van der Waals surface area contributed by atoms with Crippen LogP contribution in [0.2, 0.25) is 0 Å². The normalized spacial score (nSPS) is 9.66. The van der Waals surface area contributed by atoms with Crippen LogP contribution in [-0.2, 0) is 38.7 Å². The zero-order valence-electron chi connectivity index (χ0n) is 15.2. The fourth-order valence-corrected chi connectivity index (χ4v) is 1.70. The summed E-state index contributed by atoms with van der Waals surface area (Å²) in [4.78, 5) is 42.0. The average Bonchev–Trinajstić information content (AvgIpc) is 2.67. The van der Waals surface area contributed by atoms with E-state index in [1.54, 1.807) is 48.5 Å². The molecule has 29 heavy (non-hydrogen) atoms. The number of carboxylic acids is 2. The van der Waals surface area contributed by atoms with Crippen LogP contribution in [-0.4, -0.2) is 23.8 Å². The Morgan fingerprint density at radius 2 is 0.897 bits per heavy atom. The number of carbonyl (C=O) groups is 4. The van der Waals surface area contributed by atoms with Gasteiger partial charge in [-0.15, -0.1) is 0 Å². The number of carboxylic acid groups (broad SMARTS) is 2. The van der Waals surface area contributed by atoms with E-state index in [-0.39, 0.29) is 19.5 Å². The minimum Gasteiger partial charge on any atom is -0.545 e. The zero-order chi connectivity index (χ0) is 20.8. The van der Waals surface area contributed by atoms with Gasteiger partial charge in [0, 0.05) is 23.5 Å². The zero-order valence-corrected chi connectivity index (χ0v) is 18.2. The number of anilines is 2. The van der Waals surface area contributed by atoms with E-state index in [1.807, 2.05) is 12.1 Å². The number of para-hydroxylation sites is 2. The third-order valence-electron chi connectivity index (χ3n) is 2.82. The van der Waals surface area contributed by atoms with Crippen molar-refractivity contribution in [3.8, 4) is 0 Å². The number of hydrogen-bond acceptors (Lipinski definition) is 6. The summed E-state index contributed by atoms with van der Waals surface area (Å²) in [6, 6.07) is 17.5. The molecule has 0 aliphatic rings. The molecule has 2 amide bonds. The van der Waals surface area contributed by atoms with Crippen LogP contribution in [0.3, 0.4) is 0 Å². The van der Waals surface area contributed by atoms with Gasteiger partial charge in [-0.25, -0.2) is 0 Å². The van der Waals surface area contributed by atoms with Gasteiger partial charge in [-0.05, 0) is 36.4 Å². The topological polar surface area (TPSA) is 138 Å². The molecule has 144 valence electrons. The van der Waals surface area contributed by atoms with Crippen LogP contribution >= 0.6 is 0 Å². The number of aliphatic carboxylic acids is 2. The van der Waals surface area contributed by atoms with Gasteiger partial charge >= 0.3 is 19.5 Å². The van der Waals surface area contributed by atoms with Crippen LogP contribution in [0, 0.1) is 0 Å². The maximum atomic E-state index is 11.0. The molecule has 0 heterocycles. The van der Waals surface area contributed by atoms with Crippen molar-refractivity contribution in [2.45, 2.75) is 0 Å². The van der Waals surface area contributed by atoms with Crippen molar-refractivity contribution in [3.63, 3.8) is 0 Å². The van der Waals surface area contributed by atoms with E-state index in [2.05, 4.69) is 10.6 Å². The molecule has 2 rings (SSSR count). The number of benzene rings is 2. The van der Waals surface area contributed by atoms with Crippen LogP contribution in [0.15, 0.2) is 85.0 Å². The minimum atomic E-state index is -1.40. The van der Waals surface area contributed by atoms with Gasteiger partial charge in [0.1, 0.15) is 0 Å². The number of amides is 2. The summed E-state index contributed by atoms with van der Waals surface area (Å²) < 4.78 is 0. The fraction of sp³-hybridized carbons (Fsp3) is 0. The second-order valence-electron chi connectivity index (χ2n) is 5.02. The van der Waals surface area contributed by atoms with Crippen LogP contribution in [0.5, 0.6) is 0 Å². The fourth-order valence-electron chi connectivity index (χ4n) is 1.70. The Kier molecular flexibility index (Phi) is 12.7.